The lowest BCUT2D eigenvalue weighted by molar-refractivity contribution is -0.147. The van der Waals surface area contributed by atoms with Crippen LogP contribution in [0.2, 0.25) is 0 Å². The third-order valence-corrected chi connectivity index (χ3v) is 5.92. The number of carbonyl (C=O) groups excluding carboxylic acids is 1. The van der Waals surface area contributed by atoms with Crippen LogP contribution in [0.3, 0.4) is 0 Å². The molecule has 0 aliphatic carbocycles. The van der Waals surface area contributed by atoms with Crippen LogP contribution >= 0.6 is 23.5 Å². The Balaban J connectivity index is 1.82. The van der Waals surface area contributed by atoms with Crippen molar-refractivity contribution in [3.8, 4) is 0 Å². The van der Waals surface area contributed by atoms with E-state index < -0.39 is 12.0 Å². The Bertz CT molecular complexity index is 702. The Morgan fingerprint density at radius 1 is 1.48 bits per heavy atom. The number of nitrogens with two attached hydrogens (primary N) is 1. The standard InChI is InChI=1S/C14H16N4O3S2/c1-6-3-7(2)17-14(16-6)23-5-8-4-22-12-9(15)11(19)18(12)10(8)13(20)21/h3,9,12H,4-5,15H2,1-2H3,(H,20,21)/t9?,12-/m1/s1. The van der Waals surface area contributed by atoms with Gasteiger partial charge in [-0.2, -0.15) is 0 Å². The summed E-state index contributed by atoms with van der Waals surface area (Å²) in [6, 6.07) is 1.28. The summed E-state index contributed by atoms with van der Waals surface area (Å²) in [5.74, 6) is -0.442. The predicted molar refractivity (Wildman–Crippen MR) is 88.0 cm³/mol. The smallest absolute Gasteiger partial charge is 0.352 e. The molecule has 3 N–H and O–H groups in total. The van der Waals surface area contributed by atoms with Gasteiger partial charge >= 0.3 is 5.97 Å². The van der Waals surface area contributed by atoms with E-state index in [9.17, 15) is 14.7 Å². The maximum atomic E-state index is 11.9. The van der Waals surface area contributed by atoms with Crippen molar-refractivity contribution in [2.45, 2.75) is 30.4 Å². The first-order valence-electron chi connectivity index (χ1n) is 6.99. The zero-order valence-corrected chi connectivity index (χ0v) is 14.3. The number of aromatic nitrogens is 2. The molecular formula is C14H16N4O3S2. The van der Waals surface area contributed by atoms with Crippen molar-refractivity contribution >= 4 is 35.4 Å². The summed E-state index contributed by atoms with van der Waals surface area (Å²) >= 11 is 2.88. The van der Waals surface area contributed by atoms with Gasteiger partial charge in [-0.15, -0.1) is 11.8 Å². The number of carboxylic acid groups (broad SMARTS) is 1. The lowest BCUT2D eigenvalue weighted by atomic mass is 10.0. The first-order valence-corrected chi connectivity index (χ1v) is 9.02. The zero-order chi connectivity index (χ0) is 16.7. The summed E-state index contributed by atoms with van der Waals surface area (Å²) in [6.07, 6.45) is 0. The van der Waals surface area contributed by atoms with Crippen LogP contribution < -0.4 is 5.73 Å². The molecule has 3 heterocycles. The quantitative estimate of drug-likeness (QED) is 0.464. The minimum atomic E-state index is -1.09. The number of amides is 1. The van der Waals surface area contributed by atoms with Crippen LogP contribution in [0.5, 0.6) is 0 Å². The number of aryl methyl sites for hydroxylation is 2. The summed E-state index contributed by atoms with van der Waals surface area (Å²) in [6.45, 7) is 3.78. The fourth-order valence-electron chi connectivity index (χ4n) is 2.60. The molecule has 0 saturated carbocycles. The van der Waals surface area contributed by atoms with Gasteiger partial charge in [-0.05, 0) is 25.5 Å². The van der Waals surface area contributed by atoms with Crippen molar-refractivity contribution in [2.75, 3.05) is 11.5 Å². The van der Waals surface area contributed by atoms with E-state index in [4.69, 9.17) is 5.73 Å². The molecule has 1 amide bonds. The van der Waals surface area contributed by atoms with Crippen molar-refractivity contribution in [1.82, 2.24) is 14.9 Å². The number of β-lactam (4-membered cyclic amide) rings is 1. The van der Waals surface area contributed by atoms with Crippen LogP contribution in [-0.2, 0) is 9.59 Å². The van der Waals surface area contributed by atoms with E-state index in [1.54, 1.807) is 0 Å². The Morgan fingerprint density at radius 2 is 2.13 bits per heavy atom. The van der Waals surface area contributed by atoms with Gasteiger partial charge in [0.1, 0.15) is 17.1 Å². The topological polar surface area (TPSA) is 109 Å². The second-order valence-electron chi connectivity index (χ2n) is 5.41. The van der Waals surface area contributed by atoms with E-state index in [0.717, 1.165) is 11.4 Å². The minimum absolute atomic E-state index is 0.0670. The normalized spacial score (nSPS) is 23.6. The molecular weight excluding hydrogens is 336 g/mol. The maximum absolute atomic E-state index is 11.9. The molecule has 2 atom stereocenters. The number of hydrogen-bond donors (Lipinski definition) is 2. The number of thioether (sulfide) groups is 2. The highest BCUT2D eigenvalue weighted by molar-refractivity contribution is 8.01. The van der Waals surface area contributed by atoms with E-state index >= 15 is 0 Å². The van der Waals surface area contributed by atoms with Gasteiger partial charge in [0.05, 0.1) is 0 Å². The molecule has 1 fully saturated rings. The molecule has 122 valence electrons. The molecule has 0 aromatic carbocycles. The van der Waals surface area contributed by atoms with Crippen LogP contribution in [0.15, 0.2) is 22.5 Å². The van der Waals surface area contributed by atoms with Gasteiger partial charge in [0.15, 0.2) is 5.16 Å². The fourth-order valence-corrected chi connectivity index (χ4v) is 4.98. The lowest BCUT2D eigenvalue weighted by Gasteiger charge is -2.48. The van der Waals surface area contributed by atoms with Crippen LogP contribution in [0.1, 0.15) is 11.4 Å². The molecule has 2 aliphatic rings. The van der Waals surface area contributed by atoms with E-state index in [-0.39, 0.29) is 17.0 Å². The highest BCUT2D eigenvalue weighted by Crippen LogP contribution is 2.40. The van der Waals surface area contributed by atoms with Gasteiger partial charge < -0.3 is 10.8 Å². The van der Waals surface area contributed by atoms with Crippen LogP contribution in [0.25, 0.3) is 0 Å². The van der Waals surface area contributed by atoms with Crippen LogP contribution in [0, 0.1) is 13.8 Å². The molecule has 2 aliphatic heterocycles. The average molecular weight is 352 g/mol. The molecule has 0 bridgehead atoms. The number of nitrogens with zero attached hydrogens (tertiary/aromatic N) is 3. The molecule has 1 aromatic heterocycles. The third-order valence-electron chi connectivity index (χ3n) is 3.63. The predicted octanol–water partition coefficient (Wildman–Crippen LogP) is 0.767. The second-order valence-corrected chi connectivity index (χ2v) is 7.46. The van der Waals surface area contributed by atoms with E-state index in [1.807, 2.05) is 19.9 Å². The summed E-state index contributed by atoms with van der Waals surface area (Å²) in [5.41, 5.74) is 8.24. The van der Waals surface area contributed by atoms with E-state index in [2.05, 4.69) is 9.97 Å². The molecule has 3 rings (SSSR count). The number of hydrogen-bond acceptors (Lipinski definition) is 7. The van der Waals surface area contributed by atoms with Gasteiger partial charge in [0, 0.05) is 22.9 Å². The van der Waals surface area contributed by atoms with Crippen LogP contribution in [0.4, 0.5) is 0 Å². The average Bonchev–Trinajstić information content (AvgIpc) is 2.50. The van der Waals surface area contributed by atoms with Crippen LogP contribution in [-0.4, -0.2) is 54.8 Å². The molecule has 1 saturated heterocycles. The van der Waals surface area contributed by atoms with E-state index in [1.165, 1.54) is 28.4 Å². The number of carboxylic acids is 1. The van der Waals surface area contributed by atoms with Crippen molar-refractivity contribution < 1.29 is 14.7 Å². The third kappa shape index (κ3) is 2.96. The highest BCUT2D eigenvalue weighted by Gasteiger charge is 2.51. The highest BCUT2D eigenvalue weighted by atomic mass is 32.2. The largest absolute Gasteiger partial charge is 0.477 e. The van der Waals surface area contributed by atoms with Gasteiger partial charge in [0.2, 0.25) is 5.91 Å². The van der Waals surface area contributed by atoms with Crippen molar-refractivity contribution in [2.24, 2.45) is 5.73 Å². The van der Waals surface area contributed by atoms with Crippen molar-refractivity contribution in [3.05, 3.63) is 28.7 Å². The molecule has 1 aromatic rings. The molecule has 9 heteroatoms. The fraction of sp³-hybridized carbons (Fsp3) is 0.429. The first kappa shape index (κ1) is 16.3. The molecule has 0 radical (unpaired) electrons. The first-order chi connectivity index (χ1) is 10.9. The van der Waals surface area contributed by atoms with Crippen molar-refractivity contribution in [1.29, 1.82) is 0 Å². The number of carbonyl (C=O) groups is 2. The summed E-state index contributed by atoms with van der Waals surface area (Å²) in [4.78, 5) is 33.4. The van der Waals surface area contributed by atoms with E-state index in [0.29, 0.717) is 22.2 Å². The van der Waals surface area contributed by atoms with Gasteiger partial charge in [0.25, 0.3) is 0 Å². The van der Waals surface area contributed by atoms with Gasteiger partial charge in [-0.1, -0.05) is 11.8 Å². The lowest BCUT2D eigenvalue weighted by Crippen LogP contribution is -2.68. The number of fused-ring (bicyclic) bond motifs is 1. The SMILES string of the molecule is Cc1cc(C)nc(SCC2=C(C(=O)O)N3C(=O)C(N)[C@H]3SC2)n1. The van der Waals surface area contributed by atoms with Gasteiger partial charge in [-0.3, -0.25) is 9.69 Å². The molecule has 0 spiro atoms. The molecule has 1 unspecified atom stereocenters. The number of rotatable bonds is 4. The maximum Gasteiger partial charge on any atom is 0.352 e. The molecule has 23 heavy (non-hydrogen) atoms. The summed E-state index contributed by atoms with van der Waals surface area (Å²) < 4.78 is 0. The van der Waals surface area contributed by atoms with Crippen molar-refractivity contribution in [3.63, 3.8) is 0 Å². The minimum Gasteiger partial charge on any atom is -0.477 e. The van der Waals surface area contributed by atoms with Gasteiger partial charge in [-0.25, -0.2) is 14.8 Å². The number of aliphatic carboxylic acids is 1. The second kappa shape index (κ2) is 6.14. The summed E-state index contributed by atoms with van der Waals surface area (Å²) in [5, 5.41) is 9.82. The Labute approximate surface area is 141 Å². The monoisotopic (exact) mass is 352 g/mol. The Hall–Kier alpha value is -1.58. The zero-order valence-electron chi connectivity index (χ0n) is 12.6. The Morgan fingerprint density at radius 3 is 2.74 bits per heavy atom. The Kier molecular flexibility index (Phi) is 4.35. The molecule has 7 nitrogen and oxygen atoms in total. The summed E-state index contributed by atoms with van der Waals surface area (Å²) in [7, 11) is 0.